The lowest BCUT2D eigenvalue weighted by Crippen LogP contribution is -2.15. The van der Waals surface area contributed by atoms with Gasteiger partial charge in [-0.25, -0.2) is 0 Å². The molecule has 1 aliphatic carbocycles. The highest BCUT2D eigenvalue weighted by Crippen LogP contribution is 2.37. The Labute approximate surface area is 107 Å². The summed E-state index contributed by atoms with van der Waals surface area (Å²) < 4.78 is 0. The van der Waals surface area contributed by atoms with Crippen molar-refractivity contribution in [2.24, 2.45) is 0 Å². The molecule has 0 saturated carbocycles. The Bertz CT molecular complexity index is 595. The normalized spacial score (nSPS) is 13.8. The van der Waals surface area contributed by atoms with Gasteiger partial charge in [0.25, 0.3) is 0 Å². The van der Waals surface area contributed by atoms with Gasteiger partial charge in [-0.3, -0.25) is 9.59 Å². The lowest BCUT2D eigenvalue weighted by atomic mass is 9.95. The molecule has 0 N–H and O–H groups in total. The van der Waals surface area contributed by atoms with Crippen molar-refractivity contribution in [1.29, 1.82) is 0 Å². The fraction of sp³-hybridized carbons (Fsp3) is 0.231. The highest BCUT2D eigenvalue weighted by atomic mass is 32.1. The Kier molecular flexibility index (Phi) is 2.31. The Morgan fingerprint density at radius 3 is 2.24 bits per heavy atom. The van der Waals surface area contributed by atoms with Crippen LogP contribution < -0.4 is 0 Å². The van der Waals surface area contributed by atoms with Crippen LogP contribution in [-0.4, -0.2) is 11.6 Å². The Hall–Kier alpha value is -1.26. The number of thiophene rings is 2. The van der Waals surface area contributed by atoms with E-state index in [1.165, 1.54) is 22.7 Å². The SMILES string of the molecule is CCc1cc2c(s1)C(=O)c1cc(C)sc1C2=O. The van der Waals surface area contributed by atoms with Crippen molar-refractivity contribution < 1.29 is 9.59 Å². The second kappa shape index (κ2) is 3.62. The lowest BCUT2D eigenvalue weighted by molar-refractivity contribution is 0.0986. The van der Waals surface area contributed by atoms with Gasteiger partial charge in [-0.1, -0.05) is 6.92 Å². The quantitative estimate of drug-likeness (QED) is 0.673. The van der Waals surface area contributed by atoms with E-state index in [0.717, 1.165) is 16.2 Å². The first-order valence-corrected chi connectivity index (χ1v) is 7.07. The molecule has 2 heterocycles. The average Bonchev–Trinajstić information content (AvgIpc) is 2.89. The van der Waals surface area contributed by atoms with Crippen LogP contribution in [0.2, 0.25) is 0 Å². The van der Waals surface area contributed by atoms with E-state index in [2.05, 4.69) is 0 Å². The molecule has 0 bridgehead atoms. The lowest BCUT2D eigenvalue weighted by Gasteiger charge is -2.08. The minimum Gasteiger partial charge on any atom is -0.288 e. The summed E-state index contributed by atoms with van der Waals surface area (Å²) in [6.45, 7) is 3.96. The third-order valence-electron chi connectivity index (χ3n) is 2.89. The summed E-state index contributed by atoms with van der Waals surface area (Å²) in [7, 11) is 0. The average molecular weight is 262 g/mol. The van der Waals surface area contributed by atoms with Crippen molar-refractivity contribution in [2.45, 2.75) is 20.3 Å². The molecular formula is C13H10O2S2. The predicted octanol–water partition coefficient (Wildman–Crippen LogP) is 3.46. The molecule has 0 fully saturated rings. The van der Waals surface area contributed by atoms with Gasteiger partial charge in [-0.05, 0) is 25.5 Å². The van der Waals surface area contributed by atoms with Crippen LogP contribution in [0.15, 0.2) is 12.1 Å². The Morgan fingerprint density at radius 2 is 1.59 bits per heavy atom. The number of aryl methyl sites for hydroxylation is 2. The summed E-state index contributed by atoms with van der Waals surface area (Å²) in [4.78, 5) is 27.9. The van der Waals surface area contributed by atoms with Crippen LogP contribution in [0.4, 0.5) is 0 Å². The van der Waals surface area contributed by atoms with Crippen LogP contribution in [0, 0.1) is 6.92 Å². The maximum atomic E-state index is 12.3. The number of ketones is 2. The summed E-state index contributed by atoms with van der Waals surface area (Å²) >= 11 is 2.87. The van der Waals surface area contributed by atoms with Gasteiger partial charge in [0.2, 0.25) is 11.6 Å². The summed E-state index contributed by atoms with van der Waals surface area (Å²) in [5.74, 6) is 0.0345. The maximum Gasteiger partial charge on any atom is 0.205 e. The van der Waals surface area contributed by atoms with E-state index in [1.807, 2.05) is 26.0 Å². The zero-order chi connectivity index (χ0) is 12.2. The van der Waals surface area contributed by atoms with Crippen LogP contribution in [0.1, 0.15) is 47.1 Å². The van der Waals surface area contributed by atoms with Gasteiger partial charge in [0.1, 0.15) is 0 Å². The standard InChI is InChI=1S/C13H10O2S2/c1-3-7-5-9-11(15)12-8(4-6(2)16-12)10(14)13(9)17-7/h4-5H,3H2,1-2H3. The molecule has 0 spiro atoms. The minimum absolute atomic E-state index is 0.0173. The van der Waals surface area contributed by atoms with Crippen LogP contribution in [0.25, 0.3) is 0 Å². The van der Waals surface area contributed by atoms with Crippen molar-refractivity contribution in [3.63, 3.8) is 0 Å². The van der Waals surface area contributed by atoms with Gasteiger partial charge >= 0.3 is 0 Å². The topological polar surface area (TPSA) is 34.1 Å². The molecule has 2 aromatic heterocycles. The van der Waals surface area contributed by atoms with Crippen LogP contribution in [-0.2, 0) is 6.42 Å². The van der Waals surface area contributed by atoms with Gasteiger partial charge in [-0.2, -0.15) is 0 Å². The fourth-order valence-electron chi connectivity index (χ4n) is 2.05. The van der Waals surface area contributed by atoms with Gasteiger partial charge in [0, 0.05) is 20.9 Å². The molecule has 0 aromatic carbocycles. The first-order chi connectivity index (χ1) is 8.11. The molecule has 0 aliphatic heterocycles. The van der Waals surface area contributed by atoms with Crippen molar-refractivity contribution >= 4 is 34.2 Å². The zero-order valence-electron chi connectivity index (χ0n) is 9.49. The third-order valence-corrected chi connectivity index (χ3v) is 5.22. The van der Waals surface area contributed by atoms with E-state index < -0.39 is 0 Å². The number of carbonyl (C=O) groups excluding carboxylic acids is 2. The van der Waals surface area contributed by atoms with E-state index >= 15 is 0 Å². The second-order valence-corrected chi connectivity index (χ2v) is 6.46. The predicted molar refractivity (Wildman–Crippen MR) is 69.6 cm³/mol. The fourth-order valence-corrected chi connectivity index (χ4v) is 4.06. The summed E-state index contributed by atoms with van der Waals surface area (Å²) in [6, 6.07) is 3.70. The zero-order valence-corrected chi connectivity index (χ0v) is 11.1. The number of carbonyl (C=O) groups is 2. The maximum absolute atomic E-state index is 12.3. The summed E-state index contributed by atoms with van der Waals surface area (Å²) in [5.41, 5.74) is 1.20. The van der Waals surface area contributed by atoms with Gasteiger partial charge < -0.3 is 0 Å². The molecule has 0 unspecified atom stereocenters. The molecule has 17 heavy (non-hydrogen) atoms. The molecule has 1 aliphatic rings. The number of rotatable bonds is 1. The molecule has 3 rings (SSSR count). The highest BCUT2D eigenvalue weighted by molar-refractivity contribution is 7.17. The molecule has 0 saturated heterocycles. The van der Waals surface area contributed by atoms with E-state index in [0.29, 0.717) is 20.9 Å². The molecule has 86 valence electrons. The molecular weight excluding hydrogens is 252 g/mol. The van der Waals surface area contributed by atoms with E-state index in [4.69, 9.17) is 0 Å². The molecule has 4 heteroatoms. The summed E-state index contributed by atoms with van der Waals surface area (Å²) in [6.07, 6.45) is 0.866. The van der Waals surface area contributed by atoms with Gasteiger partial charge in [-0.15, -0.1) is 22.7 Å². The van der Waals surface area contributed by atoms with E-state index in [9.17, 15) is 9.59 Å². The van der Waals surface area contributed by atoms with E-state index in [-0.39, 0.29) is 11.6 Å². The van der Waals surface area contributed by atoms with Gasteiger partial charge in [0.05, 0.1) is 9.75 Å². The van der Waals surface area contributed by atoms with Crippen LogP contribution >= 0.6 is 22.7 Å². The minimum atomic E-state index is 0.0173. The Balaban J connectivity index is 2.25. The smallest absolute Gasteiger partial charge is 0.205 e. The molecule has 0 atom stereocenters. The monoisotopic (exact) mass is 262 g/mol. The third kappa shape index (κ3) is 1.44. The first-order valence-electron chi connectivity index (χ1n) is 5.44. The van der Waals surface area contributed by atoms with Crippen LogP contribution in [0.5, 0.6) is 0 Å². The largest absolute Gasteiger partial charge is 0.288 e. The van der Waals surface area contributed by atoms with Crippen LogP contribution in [0.3, 0.4) is 0 Å². The first kappa shape index (κ1) is 10.9. The van der Waals surface area contributed by atoms with Crippen molar-refractivity contribution in [1.82, 2.24) is 0 Å². The Morgan fingerprint density at radius 1 is 1.00 bits per heavy atom. The number of hydrogen-bond donors (Lipinski definition) is 0. The summed E-state index contributed by atoms with van der Waals surface area (Å²) in [5, 5.41) is 0. The van der Waals surface area contributed by atoms with Crippen molar-refractivity contribution in [2.75, 3.05) is 0 Å². The highest BCUT2D eigenvalue weighted by Gasteiger charge is 2.33. The molecule has 0 amide bonds. The van der Waals surface area contributed by atoms with Gasteiger partial charge in [0.15, 0.2) is 0 Å². The number of fused-ring (bicyclic) bond motifs is 2. The second-order valence-electron chi connectivity index (χ2n) is 4.07. The molecule has 2 nitrogen and oxygen atoms in total. The van der Waals surface area contributed by atoms with E-state index in [1.54, 1.807) is 0 Å². The van der Waals surface area contributed by atoms with Crippen molar-refractivity contribution in [3.05, 3.63) is 42.8 Å². The molecule has 2 aromatic rings. The number of hydrogen-bond acceptors (Lipinski definition) is 4. The van der Waals surface area contributed by atoms with Crippen molar-refractivity contribution in [3.8, 4) is 0 Å². The molecule has 0 radical (unpaired) electrons.